The summed E-state index contributed by atoms with van der Waals surface area (Å²) in [7, 11) is 1.68. The zero-order chi connectivity index (χ0) is 8.04. The number of ether oxygens (including phenoxy) is 1. The summed E-state index contributed by atoms with van der Waals surface area (Å²) in [4.78, 5) is 4.57. The summed E-state index contributed by atoms with van der Waals surface area (Å²) in [6.45, 7) is 5.43. The minimum atomic E-state index is 0.0729. The molecule has 0 saturated heterocycles. The monoisotopic (exact) mass is 147 g/mol. The van der Waals surface area contributed by atoms with Gasteiger partial charge in [-0.3, -0.25) is 0 Å². The molecule has 0 aliphatic heterocycles. The Hall–Kier alpha value is -0.120. The number of rotatable bonds is 5. The summed E-state index contributed by atoms with van der Waals surface area (Å²) in [5.41, 5.74) is 0.0729. The molecule has 0 aromatic rings. The molecule has 0 heterocycles. The number of hydrogen-bond donors (Lipinski definition) is 1. The molecular formula is C7H17NO2. The fourth-order valence-corrected chi connectivity index (χ4v) is 0.795. The van der Waals surface area contributed by atoms with Gasteiger partial charge in [0.25, 0.3) is 0 Å². The van der Waals surface area contributed by atoms with Crippen LogP contribution in [-0.4, -0.2) is 20.3 Å². The van der Waals surface area contributed by atoms with Gasteiger partial charge in [0.2, 0.25) is 0 Å². The second-order valence-electron chi connectivity index (χ2n) is 2.91. The average molecular weight is 147 g/mol. The predicted molar refractivity (Wildman–Crippen MR) is 40.4 cm³/mol. The van der Waals surface area contributed by atoms with Crippen LogP contribution < -0.4 is 5.90 Å². The summed E-state index contributed by atoms with van der Waals surface area (Å²) >= 11 is 0. The van der Waals surface area contributed by atoms with Crippen molar-refractivity contribution in [2.24, 2.45) is 11.3 Å². The smallest absolute Gasteiger partial charge is 0.0754 e. The molecule has 1 unspecified atom stereocenters. The molecule has 1 atom stereocenters. The third-order valence-electron chi connectivity index (χ3n) is 1.78. The molecule has 0 aliphatic carbocycles. The molecule has 0 aromatic carbocycles. The Morgan fingerprint density at radius 3 is 2.30 bits per heavy atom. The summed E-state index contributed by atoms with van der Waals surface area (Å²) in [5, 5.41) is 0. The molecule has 0 saturated carbocycles. The fourth-order valence-electron chi connectivity index (χ4n) is 0.795. The van der Waals surface area contributed by atoms with Gasteiger partial charge in [-0.2, -0.15) is 0 Å². The summed E-state index contributed by atoms with van der Waals surface area (Å²) in [6.07, 6.45) is 1.01. The van der Waals surface area contributed by atoms with Gasteiger partial charge in [0.05, 0.1) is 13.2 Å². The highest BCUT2D eigenvalue weighted by molar-refractivity contribution is 4.70. The summed E-state index contributed by atoms with van der Waals surface area (Å²) in [5.74, 6) is 4.96. The lowest BCUT2D eigenvalue weighted by atomic mass is 9.90. The number of methoxy groups -OCH3 is 1. The Morgan fingerprint density at radius 1 is 1.40 bits per heavy atom. The Balaban J connectivity index is 3.69. The van der Waals surface area contributed by atoms with Crippen LogP contribution in [0.3, 0.4) is 0 Å². The van der Waals surface area contributed by atoms with Gasteiger partial charge in [-0.1, -0.05) is 13.8 Å². The minimum Gasteiger partial charge on any atom is -0.384 e. The predicted octanol–water partition coefficient (Wildman–Crippen LogP) is 0.939. The first-order valence-electron chi connectivity index (χ1n) is 3.49. The highest BCUT2D eigenvalue weighted by Crippen LogP contribution is 2.20. The van der Waals surface area contributed by atoms with Gasteiger partial charge < -0.3 is 9.57 Å². The molecule has 0 radical (unpaired) electrons. The van der Waals surface area contributed by atoms with Gasteiger partial charge in [0.15, 0.2) is 0 Å². The van der Waals surface area contributed by atoms with Crippen molar-refractivity contribution in [3.05, 3.63) is 0 Å². The van der Waals surface area contributed by atoms with E-state index in [1.807, 2.05) is 0 Å². The second kappa shape index (κ2) is 4.66. The van der Waals surface area contributed by atoms with Crippen LogP contribution in [-0.2, 0) is 9.57 Å². The second-order valence-corrected chi connectivity index (χ2v) is 2.91. The van der Waals surface area contributed by atoms with Crippen LogP contribution >= 0.6 is 0 Å². The van der Waals surface area contributed by atoms with Gasteiger partial charge in [-0.25, -0.2) is 5.90 Å². The zero-order valence-corrected chi connectivity index (χ0v) is 7.02. The SMILES string of the molecule is CCC(C)(COC)CON. The van der Waals surface area contributed by atoms with Crippen LogP contribution in [0.2, 0.25) is 0 Å². The molecule has 10 heavy (non-hydrogen) atoms. The quantitative estimate of drug-likeness (QED) is 0.588. The third kappa shape index (κ3) is 3.15. The third-order valence-corrected chi connectivity index (χ3v) is 1.78. The molecule has 0 fully saturated rings. The lowest BCUT2D eigenvalue weighted by molar-refractivity contribution is -0.000531. The molecule has 3 nitrogen and oxygen atoms in total. The van der Waals surface area contributed by atoms with Crippen LogP contribution in [0.4, 0.5) is 0 Å². The molecule has 0 spiro atoms. The molecule has 0 aliphatic rings. The number of hydrogen-bond acceptors (Lipinski definition) is 3. The van der Waals surface area contributed by atoms with Gasteiger partial charge in [0.1, 0.15) is 0 Å². The van der Waals surface area contributed by atoms with E-state index in [2.05, 4.69) is 18.7 Å². The zero-order valence-electron chi connectivity index (χ0n) is 7.02. The van der Waals surface area contributed by atoms with E-state index in [9.17, 15) is 0 Å². The van der Waals surface area contributed by atoms with Gasteiger partial charge in [0, 0.05) is 12.5 Å². The first-order valence-corrected chi connectivity index (χ1v) is 3.49. The van der Waals surface area contributed by atoms with Gasteiger partial charge in [-0.15, -0.1) is 0 Å². The van der Waals surface area contributed by atoms with Crippen molar-refractivity contribution in [2.45, 2.75) is 20.3 Å². The van der Waals surface area contributed by atoms with Crippen LogP contribution in [0, 0.1) is 5.41 Å². The van der Waals surface area contributed by atoms with Crippen molar-refractivity contribution >= 4 is 0 Å². The van der Waals surface area contributed by atoms with Crippen molar-refractivity contribution in [3.63, 3.8) is 0 Å². The van der Waals surface area contributed by atoms with Crippen molar-refractivity contribution in [1.29, 1.82) is 0 Å². The molecular weight excluding hydrogens is 130 g/mol. The fraction of sp³-hybridized carbons (Fsp3) is 1.00. The van der Waals surface area contributed by atoms with E-state index in [-0.39, 0.29) is 5.41 Å². The van der Waals surface area contributed by atoms with Crippen LogP contribution in [0.5, 0.6) is 0 Å². The van der Waals surface area contributed by atoms with Gasteiger partial charge >= 0.3 is 0 Å². The molecule has 0 bridgehead atoms. The Labute approximate surface area is 62.4 Å². The highest BCUT2D eigenvalue weighted by Gasteiger charge is 2.21. The van der Waals surface area contributed by atoms with E-state index in [0.29, 0.717) is 13.2 Å². The first-order chi connectivity index (χ1) is 4.68. The van der Waals surface area contributed by atoms with Crippen molar-refractivity contribution in [2.75, 3.05) is 20.3 Å². The van der Waals surface area contributed by atoms with Gasteiger partial charge in [-0.05, 0) is 6.42 Å². The molecule has 0 amide bonds. The largest absolute Gasteiger partial charge is 0.384 e. The lowest BCUT2D eigenvalue weighted by Crippen LogP contribution is -2.29. The lowest BCUT2D eigenvalue weighted by Gasteiger charge is -2.25. The maximum atomic E-state index is 5.01. The topological polar surface area (TPSA) is 44.5 Å². The van der Waals surface area contributed by atoms with Crippen LogP contribution in [0.1, 0.15) is 20.3 Å². The van der Waals surface area contributed by atoms with Crippen molar-refractivity contribution < 1.29 is 9.57 Å². The van der Waals surface area contributed by atoms with Crippen molar-refractivity contribution in [1.82, 2.24) is 0 Å². The van der Waals surface area contributed by atoms with Crippen molar-refractivity contribution in [3.8, 4) is 0 Å². The van der Waals surface area contributed by atoms with E-state index in [1.54, 1.807) is 7.11 Å². The Kier molecular flexibility index (Phi) is 4.60. The highest BCUT2D eigenvalue weighted by atomic mass is 16.6. The first kappa shape index (κ1) is 9.88. The van der Waals surface area contributed by atoms with E-state index >= 15 is 0 Å². The summed E-state index contributed by atoms with van der Waals surface area (Å²) in [6, 6.07) is 0. The summed E-state index contributed by atoms with van der Waals surface area (Å²) < 4.78 is 5.01. The standard InChI is InChI=1S/C7H17NO2/c1-4-7(2,5-9-3)6-10-8/h4-6,8H2,1-3H3. The van der Waals surface area contributed by atoms with E-state index in [0.717, 1.165) is 6.42 Å². The van der Waals surface area contributed by atoms with E-state index in [4.69, 9.17) is 10.6 Å². The minimum absolute atomic E-state index is 0.0729. The molecule has 2 N–H and O–H groups in total. The Morgan fingerprint density at radius 2 is 2.00 bits per heavy atom. The van der Waals surface area contributed by atoms with Crippen LogP contribution in [0.25, 0.3) is 0 Å². The molecule has 0 rings (SSSR count). The Bertz CT molecular complexity index is 79.7. The molecule has 0 aromatic heterocycles. The maximum Gasteiger partial charge on any atom is 0.0754 e. The molecule has 62 valence electrons. The van der Waals surface area contributed by atoms with Crippen LogP contribution in [0.15, 0.2) is 0 Å². The van der Waals surface area contributed by atoms with E-state index in [1.165, 1.54) is 0 Å². The van der Waals surface area contributed by atoms with E-state index < -0.39 is 0 Å². The maximum absolute atomic E-state index is 5.01. The number of nitrogens with two attached hydrogens (primary N) is 1. The normalized spacial score (nSPS) is 16.8. The average Bonchev–Trinajstić information content (AvgIpc) is 1.89. The molecule has 3 heteroatoms.